The maximum Gasteiger partial charge on any atom is 0.189 e. The standard InChI is InChI=1S/C22H25N5O/c1-16-24-10-11-27(16)15-18-6-4-5-17(13-18)14-25-22(23)26-20-9-12-28-21-8-3-2-7-19(20)21/h2-8,10-11,13,20H,9,12,14-15H2,1H3,(H3,23,25,26). The molecule has 1 aliphatic rings. The van der Waals surface area contributed by atoms with Crippen LogP contribution >= 0.6 is 0 Å². The predicted octanol–water partition coefficient (Wildman–Crippen LogP) is 3.17. The second-order valence-electron chi connectivity index (χ2n) is 7.00. The molecule has 1 atom stereocenters. The zero-order chi connectivity index (χ0) is 19.3. The number of aryl methyl sites for hydroxylation is 1. The van der Waals surface area contributed by atoms with Crippen molar-refractivity contribution in [2.45, 2.75) is 32.5 Å². The van der Waals surface area contributed by atoms with Gasteiger partial charge in [-0.25, -0.2) is 9.98 Å². The monoisotopic (exact) mass is 375 g/mol. The van der Waals surface area contributed by atoms with Gasteiger partial charge >= 0.3 is 0 Å². The maximum absolute atomic E-state index is 6.16. The molecule has 0 radical (unpaired) electrons. The summed E-state index contributed by atoms with van der Waals surface area (Å²) in [6, 6.07) is 16.6. The molecule has 6 nitrogen and oxygen atoms in total. The minimum absolute atomic E-state index is 0.129. The Labute approximate surface area is 165 Å². The fourth-order valence-corrected chi connectivity index (χ4v) is 3.49. The van der Waals surface area contributed by atoms with Gasteiger partial charge in [0.15, 0.2) is 5.96 Å². The highest BCUT2D eigenvalue weighted by atomic mass is 16.5. The van der Waals surface area contributed by atoms with E-state index in [1.807, 2.05) is 37.5 Å². The number of ether oxygens (including phenoxy) is 1. The van der Waals surface area contributed by atoms with E-state index in [4.69, 9.17) is 10.5 Å². The lowest BCUT2D eigenvalue weighted by Crippen LogP contribution is -2.37. The average molecular weight is 375 g/mol. The number of hydrogen-bond acceptors (Lipinski definition) is 3. The number of aromatic nitrogens is 2. The van der Waals surface area contributed by atoms with Gasteiger partial charge in [0.25, 0.3) is 0 Å². The third kappa shape index (κ3) is 4.17. The third-order valence-electron chi connectivity index (χ3n) is 4.98. The van der Waals surface area contributed by atoms with Crippen molar-refractivity contribution in [3.05, 3.63) is 83.4 Å². The average Bonchev–Trinajstić information content (AvgIpc) is 3.11. The molecule has 3 aromatic rings. The highest BCUT2D eigenvalue weighted by Gasteiger charge is 2.21. The Bertz CT molecular complexity index is 978. The second kappa shape index (κ2) is 8.17. The zero-order valence-corrected chi connectivity index (χ0v) is 16.0. The molecule has 0 spiro atoms. The van der Waals surface area contributed by atoms with E-state index in [1.54, 1.807) is 0 Å². The van der Waals surface area contributed by atoms with Crippen molar-refractivity contribution < 1.29 is 4.74 Å². The van der Waals surface area contributed by atoms with Gasteiger partial charge in [0.1, 0.15) is 11.6 Å². The Morgan fingerprint density at radius 2 is 2.11 bits per heavy atom. The lowest BCUT2D eigenvalue weighted by atomic mass is 10.0. The Kier molecular flexibility index (Phi) is 5.28. The Hall–Kier alpha value is -3.28. The molecule has 1 aliphatic heterocycles. The molecule has 2 heterocycles. The zero-order valence-electron chi connectivity index (χ0n) is 16.0. The van der Waals surface area contributed by atoms with Crippen molar-refractivity contribution in [1.82, 2.24) is 14.9 Å². The summed E-state index contributed by atoms with van der Waals surface area (Å²) in [6.45, 7) is 4.03. The van der Waals surface area contributed by atoms with Crippen molar-refractivity contribution >= 4 is 5.96 Å². The van der Waals surface area contributed by atoms with E-state index in [-0.39, 0.29) is 6.04 Å². The molecular weight excluding hydrogens is 350 g/mol. The first-order chi connectivity index (χ1) is 13.7. The van der Waals surface area contributed by atoms with Crippen molar-refractivity contribution in [2.75, 3.05) is 6.61 Å². The highest BCUT2D eigenvalue weighted by molar-refractivity contribution is 5.78. The van der Waals surface area contributed by atoms with Gasteiger partial charge in [0.2, 0.25) is 0 Å². The number of aliphatic imine (C=N–C) groups is 1. The van der Waals surface area contributed by atoms with Gasteiger partial charge in [0.05, 0.1) is 19.2 Å². The number of fused-ring (bicyclic) bond motifs is 1. The van der Waals surface area contributed by atoms with Crippen LogP contribution in [0.3, 0.4) is 0 Å². The van der Waals surface area contributed by atoms with Crippen LogP contribution < -0.4 is 15.8 Å². The number of imidazole rings is 1. The predicted molar refractivity (Wildman–Crippen MR) is 110 cm³/mol. The smallest absolute Gasteiger partial charge is 0.189 e. The highest BCUT2D eigenvalue weighted by Crippen LogP contribution is 2.31. The molecule has 0 amide bonds. The summed E-state index contributed by atoms with van der Waals surface area (Å²) in [7, 11) is 0. The topological polar surface area (TPSA) is 77.5 Å². The Morgan fingerprint density at radius 3 is 2.96 bits per heavy atom. The van der Waals surface area contributed by atoms with Crippen LogP contribution in [0.2, 0.25) is 0 Å². The van der Waals surface area contributed by atoms with E-state index in [0.717, 1.165) is 35.7 Å². The first kappa shape index (κ1) is 18.1. The number of nitrogens with zero attached hydrogens (tertiary/aromatic N) is 3. The van der Waals surface area contributed by atoms with Gasteiger partial charge < -0.3 is 20.4 Å². The Morgan fingerprint density at radius 1 is 1.25 bits per heavy atom. The molecule has 0 bridgehead atoms. The summed E-state index contributed by atoms with van der Waals surface area (Å²) >= 11 is 0. The summed E-state index contributed by atoms with van der Waals surface area (Å²) in [6.07, 6.45) is 4.69. The van der Waals surface area contributed by atoms with Crippen LogP contribution in [0.15, 0.2) is 65.9 Å². The van der Waals surface area contributed by atoms with Crippen LogP contribution in [0.1, 0.15) is 35.0 Å². The van der Waals surface area contributed by atoms with Gasteiger partial charge in [-0.05, 0) is 24.1 Å². The molecule has 28 heavy (non-hydrogen) atoms. The minimum Gasteiger partial charge on any atom is -0.493 e. The number of nitrogens with two attached hydrogens (primary N) is 1. The van der Waals surface area contributed by atoms with E-state index in [9.17, 15) is 0 Å². The van der Waals surface area contributed by atoms with E-state index < -0.39 is 0 Å². The molecule has 0 saturated carbocycles. The van der Waals surface area contributed by atoms with Crippen LogP contribution in [0.25, 0.3) is 0 Å². The lowest BCUT2D eigenvalue weighted by molar-refractivity contribution is 0.262. The van der Waals surface area contributed by atoms with Gasteiger partial charge in [-0.15, -0.1) is 0 Å². The van der Waals surface area contributed by atoms with Crippen molar-refractivity contribution in [3.8, 4) is 5.75 Å². The first-order valence-corrected chi connectivity index (χ1v) is 9.53. The van der Waals surface area contributed by atoms with E-state index in [0.29, 0.717) is 19.1 Å². The summed E-state index contributed by atoms with van der Waals surface area (Å²) < 4.78 is 7.83. The van der Waals surface area contributed by atoms with Gasteiger partial charge in [-0.3, -0.25) is 0 Å². The Balaban J connectivity index is 1.40. The van der Waals surface area contributed by atoms with E-state index in [1.165, 1.54) is 5.56 Å². The molecule has 4 rings (SSSR count). The molecule has 1 unspecified atom stereocenters. The third-order valence-corrected chi connectivity index (χ3v) is 4.98. The van der Waals surface area contributed by atoms with Crippen molar-refractivity contribution in [3.63, 3.8) is 0 Å². The summed E-state index contributed by atoms with van der Waals surface area (Å²) in [5.74, 6) is 2.38. The number of para-hydroxylation sites is 1. The first-order valence-electron chi connectivity index (χ1n) is 9.53. The van der Waals surface area contributed by atoms with Gasteiger partial charge in [-0.2, -0.15) is 0 Å². The number of nitrogens with one attached hydrogen (secondary N) is 1. The number of benzene rings is 2. The van der Waals surface area contributed by atoms with Gasteiger partial charge in [0, 0.05) is 30.9 Å². The summed E-state index contributed by atoms with van der Waals surface area (Å²) in [5.41, 5.74) is 9.64. The SMILES string of the molecule is Cc1nccn1Cc1cccc(CN=C(N)NC2CCOc3ccccc32)c1. The molecular formula is C22H25N5O. The van der Waals surface area contributed by atoms with Crippen LogP contribution in [0.5, 0.6) is 5.75 Å². The van der Waals surface area contributed by atoms with E-state index >= 15 is 0 Å². The van der Waals surface area contributed by atoms with Crippen LogP contribution in [-0.4, -0.2) is 22.1 Å². The second-order valence-corrected chi connectivity index (χ2v) is 7.00. The van der Waals surface area contributed by atoms with Crippen LogP contribution in [0.4, 0.5) is 0 Å². The molecule has 3 N–H and O–H groups in total. The summed E-state index contributed by atoms with van der Waals surface area (Å²) in [4.78, 5) is 8.81. The van der Waals surface area contributed by atoms with Crippen molar-refractivity contribution in [2.24, 2.45) is 10.7 Å². The largest absolute Gasteiger partial charge is 0.493 e. The normalized spacial score (nSPS) is 16.3. The molecule has 1 aromatic heterocycles. The molecule has 144 valence electrons. The lowest BCUT2D eigenvalue weighted by Gasteiger charge is -2.26. The quantitative estimate of drug-likeness (QED) is 0.530. The fraction of sp³-hybridized carbons (Fsp3) is 0.273. The van der Waals surface area contributed by atoms with Crippen LogP contribution in [-0.2, 0) is 13.1 Å². The number of guanidine groups is 1. The van der Waals surface area contributed by atoms with Gasteiger partial charge in [-0.1, -0.05) is 42.5 Å². The minimum atomic E-state index is 0.129. The van der Waals surface area contributed by atoms with E-state index in [2.05, 4.69) is 50.2 Å². The molecule has 6 heteroatoms. The van der Waals surface area contributed by atoms with Crippen molar-refractivity contribution in [1.29, 1.82) is 0 Å². The van der Waals surface area contributed by atoms with Crippen LogP contribution in [0, 0.1) is 6.92 Å². The molecule has 0 saturated heterocycles. The number of hydrogen-bond donors (Lipinski definition) is 2. The fourth-order valence-electron chi connectivity index (χ4n) is 3.49. The summed E-state index contributed by atoms with van der Waals surface area (Å²) in [5, 5.41) is 3.34. The maximum atomic E-state index is 6.16. The molecule has 2 aromatic carbocycles. The number of rotatable bonds is 5. The molecule has 0 aliphatic carbocycles. The molecule has 0 fully saturated rings.